The first-order valence-corrected chi connectivity index (χ1v) is 10.7. The molecule has 0 aliphatic heterocycles. The fraction of sp³-hybridized carbons (Fsp3) is 0.304. The molecule has 0 bridgehead atoms. The average Bonchev–Trinajstić information content (AvgIpc) is 3.23. The molecule has 1 aliphatic rings. The van der Waals surface area contributed by atoms with E-state index in [-0.39, 0.29) is 11.8 Å². The van der Waals surface area contributed by atoms with Crippen molar-refractivity contribution in [2.45, 2.75) is 45.0 Å². The number of aryl methyl sites for hydroxylation is 1. The van der Waals surface area contributed by atoms with E-state index in [0.717, 1.165) is 31.2 Å². The van der Waals surface area contributed by atoms with Crippen molar-refractivity contribution in [3.05, 3.63) is 59.1 Å². The molecule has 0 radical (unpaired) electrons. The third kappa shape index (κ3) is 5.62. The van der Waals surface area contributed by atoms with E-state index < -0.39 is 6.36 Å². The number of anilines is 3. The second-order valence-electron chi connectivity index (χ2n) is 7.72. The van der Waals surface area contributed by atoms with Crippen LogP contribution in [0.15, 0.2) is 48.5 Å². The van der Waals surface area contributed by atoms with E-state index in [4.69, 9.17) is 11.6 Å². The maximum Gasteiger partial charge on any atom is 0.573 e. The smallest absolute Gasteiger partial charge is 0.406 e. The minimum atomic E-state index is -4.77. The zero-order chi connectivity index (χ0) is 22.7. The molecule has 0 spiro atoms. The van der Waals surface area contributed by atoms with Crippen molar-refractivity contribution in [1.82, 2.24) is 9.97 Å². The van der Waals surface area contributed by atoms with Crippen molar-refractivity contribution >= 4 is 29.1 Å². The molecule has 1 aromatic heterocycles. The molecule has 0 unspecified atom stereocenters. The zero-order valence-electron chi connectivity index (χ0n) is 17.3. The van der Waals surface area contributed by atoms with Crippen LogP contribution in [0.2, 0.25) is 5.02 Å². The Morgan fingerprint density at radius 1 is 1.03 bits per heavy atom. The van der Waals surface area contributed by atoms with Crippen LogP contribution < -0.4 is 15.4 Å². The van der Waals surface area contributed by atoms with Crippen molar-refractivity contribution in [2.24, 2.45) is 0 Å². The van der Waals surface area contributed by atoms with Gasteiger partial charge in [0.15, 0.2) is 0 Å². The van der Waals surface area contributed by atoms with E-state index in [9.17, 15) is 13.2 Å². The highest BCUT2D eigenvalue weighted by molar-refractivity contribution is 6.33. The maximum atomic E-state index is 12.7. The number of nitrogens with zero attached hydrogens (tertiary/aromatic N) is 2. The highest BCUT2D eigenvalue weighted by Crippen LogP contribution is 2.32. The number of nitrogens with one attached hydrogen (secondary N) is 2. The molecular weight excluding hydrogens is 441 g/mol. The first-order valence-electron chi connectivity index (χ1n) is 10.3. The standard InChI is InChI=1S/C23H22ClF3N4O/c1-14-6-4-11-18(24)21(14)30-20-13-19(29-22(31-20)28-16-8-2-3-9-16)15-7-5-10-17(12-15)32-23(25,26)27/h4-7,10-13,16H,2-3,8-9H2,1H3,(H2,28,29,30,31). The van der Waals surface area contributed by atoms with Gasteiger partial charge in [0.05, 0.1) is 16.4 Å². The molecule has 1 heterocycles. The van der Waals surface area contributed by atoms with Gasteiger partial charge in [0, 0.05) is 17.7 Å². The van der Waals surface area contributed by atoms with Crippen LogP contribution >= 0.6 is 11.6 Å². The molecule has 2 N–H and O–H groups in total. The molecule has 1 fully saturated rings. The number of aromatic nitrogens is 2. The molecule has 5 nitrogen and oxygen atoms in total. The quantitative estimate of drug-likeness (QED) is 0.409. The number of hydrogen-bond donors (Lipinski definition) is 2. The third-order valence-electron chi connectivity index (χ3n) is 5.25. The van der Waals surface area contributed by atoms with Gasteiger partial charge in [0.1, 0.15) is 11.6 Å². The monoisotopic (exact) mass is 462 g/mol. The average molecular weight is 463 g/mol. The number of hydrogen-bond acceptors (Lipinski definition) is 5. The Hall–Kier alpha value is -3.00. The molecule has 4 rings (SSSR count). The van der Waals surface area contributed by atoms with Gasteiger partial charge in [-0.3, -0.25) is 0 Å². The van der Waals surface area contributed by atoms with E-state index in [0.29, 0.717) is 33.7 Å². The first-order chi connectivity index (χ1) is 15.3. The van der Waals surface area contributed by atoms with Gasteiger partial charge in [-0.1, -0.05) is 48.7 Å². The summed E-state index contributed by atoms with van der Waals surface area (Å²) in [5.41, 5.74) is 2.58. The zero-order valence-corrected chi connectivity index (χ0v) is 18.1. The van der Waals surface area contributed by atoms with Gasteiger partial charge in [-0.15, -0.1) is 13.2 Å². The normalized spacial score (nSPS) is 14.4. The SMILES string of the molecule is Cc1cccc(Cl)c1Nc1cc(-c2cccc(OC(F)(F)F)c2)nc(NC2CCCC2)n1. The fourth-order valence-electron chi connectivity index (χ4n) is 3.75. The van der Waals surface area contributed by atoms with E-state index in [1.807, 2.05) is 19.1 Å². The summed E-state index contributed by atoms with van der Waals surface area (Å²) >= 11 is 6.35. The summed E-state index contributed by atoms with van der Waals surface area (Å²) in [7, 11) is 0. The molecule has 1 aliphatic carbocycles. The molecule has 9 heteroatoms. The lowest BCUT2D eigenvalue weighted by Crippen LogP contribution is -2.17. The Bertz CT molecular complexity index is 1080. The Labute approximate surface area is 189 Å². The second kappa shape index (κ2) is 9.24. The van der Waals surface area contributed by atoms with Gasteiger partial charge >= 0.3 is 6.36 Å². The van der Waals surface area contributed by atoms with Crippen molar-refractivity contribution < 1.29 is 17.9 Å². The predicted octanol–water partition coefficient (Wildman–Crippen LogP) is 7.10. The highest BCUT2D eigenvalue weighted by Gasteiger charge is 2.31. The fourth-order valence-corrected chi connectivity index (χ4v) is 4.02. The van der Waals surface area contributed by atoms with Crippen LogP contribution in [0.25, 0.3) is 11.3 Å². The molecule has 0 amide bonds. The van der Waals surface area contributed by atoms with E-state index >= 15 is 0 Å². The number of alkyl halides is 3. The predicted molar refractivity (Wildman–Crippen MR) is 120 cm³/mol. The Balaban J connectivity index is 1.71. The summed E-state index contributed by atoms with van der Waals surface area (Å²) in [5, 5.41) is 7.13. The summed E-state index contributed by atoms with van der Waals surface area (Å²) in [6.45, 7) is 1.92. The molecule has 0 saturated heterocycles. The van der Waals surface area contributed by atoms with Crippen molar-refractivity contribution in [2.75, 3.05) is 10.6 Å². The van der Waals surface area contributed by atoms with E-state index in [1.165, 1.54) is 18.2 Å². The van der Waals surface area contributed by atoms with Crippen LogP contribution in [-0.2, 0) is 0 Å². The lowest BCUT2D eigenvalue weighted by Gasteiger charge is -2.16. The highest BCUT2D eigenvalue weighted by atomic mass is 35.5. The third-order valence-corrected chi connectivity index (χ3v) is 5.57. The van der Waals surface area contributed by atoms with Crippen LogP contribution in [0.4, 0.5) is 30.6 Å². The second-order valence-corrected chi connectivity index (χ2v) is 8.13. The number of benzene rings is 2. The summed E-state index contributed by atoms with van der Waals surface area (Å²) in [5.74, 6) is 0.577. The topological polar surface area (TPSA) is 59.1 Å². The molecule has 0 atom stereocenters. The molecule has 1 saturated carbocycles. The van der Waals surface area contributed by atoms with Crippen LogP contribution in [0.1, 0.15) is 31.2 Å². The minimum Gasteiger partial charge on any atom is -0.406 e. The summed E-state index contributed by atoms with van der Waals surface area (Å²) in [6.07, 6.45) is -0.451. The number of para-hydroxylation sites is 1. The van der Waals surface area contributed by atoms with Crippen LogP contribution in [0.3, 0.4) is 0 Å². The molecule has 3 aromatic rings. The first kappa shape index (κ1) is 22.2. The van der Waals surface area contributed by atoms with E-state index in [1.54, 1.807) is 18.2 Å². The number of rotatable bonds is 6. The largest absolute Gasteiger partial charge is 0.573 e. The van der Waals surface area contributed by atoms with Gasteiger partial charge in [0.25, 0.3) is 0 Å². The molecule has 32 heavy (non-hydrogen) atoms. The lowest BCUT2D eigenvalue weighted by atomic mass is 10.1. The summed E-state index contributed by atoms with van der Waals surface area (Å²) < 4.78 is 42.1. The van der Waals surface area contributed by atoms with Gasteiger partial charge in [-0.2, -0.15) is 4.98 Å². The Morgan fingerprint density at radius 2 is 1.78 bits per heavy atom. The van der Waals surface area contributed by atoms with Crippen LogP contribution in [0, 0.1) is 6.92 Å². The van der Waals surface area contributed by atoms with Crippen LogP contribution in [0.5, 0.6) is 5.75 Å². The molecular formula is C23H22ClF3N4O. The lowest BCUT2D eigenvalue weighted by molar-refractivity contribution is -0.274. The van der Waals surface area contributed by atoms with Gasteiger partial charge in [0.2, 0.25) is 5.95 Å². The van der Waals surface area contributed by atoms with Crippen LogP contribution in [-0.4, -0.2) is 22.4 Å². The van der Waals surface area contributed by atoms with Crippen molar-refractivity contribution in [1.29, 1.82) is 0 Å². The molecule has 168 valence electrons. The minimum absolute atomic E-state index is 0.264. The Kier molecular flexibility index (Phi) is 6.41. The maximum absolute atomic E-state index is 12.7. The van der Waals surface area contributed by atoms with Gasteiger partial charge in [-0.05, 0) is 43.5 Å². The van der Waals surface area contributed by atoms with E-state index in [2.05, 4.69) is 25.3 Å². The van der Waals surface area contributed by atoms with Crippen molar-refractivity contribution in [3.8, 4) is 17.0 Å². The molecule has 2 aromatic carbocycles. The van der Waals surface area contributed by atoms with Gasteiger partial charge < -0.3 is 15.4 Å². The summed E-state index contributed by atoms with van der Waals surface area (Å²) in [4.78, 5) is 9.14. The van der Waals surface area contributed by atoms with Crippen molar-refractivity contribution in [3.63, 3.8) is 0 Å². The number of halogens is 4. The van der Waals surface area contributed by atoms with Gasteiger partial charge in [-0.25, -0.2) is 4.98 Å². The number of ether oxygens (including phenoxy) is 1. The Morgan fingerprint density at radius 3 is 2.50 bits per heavy atom. The summed E-state index contributed by atoms with van der Waals surface area (Å²) in [6, 6.07) is 13.2.